The minimum atomic E-state index is -4.57. The van der Waals surface area contributed by atoms with Crippen molar-refractivity contribution >= 4 is 5.97 Å². The molecule has 1 rings (SSSR count). The van der Waals surface area contributed by atoms with Gasteiger partial charge in [0.05, 0.1) is 29.8 Å². The molecule has 0 atom stereocenters. The third kappa shape index (κ3) is 3.45. The predicted octanol–water partition coefficient (Wildman–Crippen LogP) is 2.08. The van der Waals surface area contributed by atoms with Crippen LogP contribution in [0, 0.1) is 11.3 Å². The average molecular weight is 258 g/mol. The molecule has 0 fully saturated rings. The van der Waals surface area contributed by atoms with Crippen LogP contribution < -0.4 is 0 Å². The van der Waals surface area contributed by atoms with Crippen LogP contribution in [-0.4, -0.2) is 17.6 Å². The normalized spacial score (nSPS) is 10.8. The first-order valence-electron chi connectivity index (χ1n) is 5.00. The summed E-state index contributed by atoms with van der Waals surface area (Å²) in [5.41, 5.74) is -1.33. The van der Waals surface area contributed by atoms with Crippen LogP contribution in [0.2, 0.25) is 0 Å². The van der Waals surface area contributed by atoms with E-state index < -0.39 is 17.7 Å². The molecule has 18 heavy (non-hydrogen) atoms. The Labute approximate surface area is 101 Å². The zero-order valence-electron chi connectivity index (χ0n) is 9.41. The van der Waals surface area contributed by atoms with Crippen LogP contribution in [0.15, 0.2) is 12.3 Å². The molecule has 1 heterocycles. The number of ether oxygens (including phenoxy) is 1. The van der Waals surface area contributed by atoms with Crippen LogP contribution in [0.1, 0.15) is 23.7 Å². The van der Waals surface area contributed by atoms with Gasteiger partial charge in [-0.3, -0.25) is 9.78 Å². The average Bonchev–Trinajstić information content (AvgIpc) is 2.28. The molecule has 0 saturated carbocycles. The number of carbonyl (C=O) groups excluding carboxylic acids is 1. The van der Waals surface area contributed by atoms with Crippen LogP contribution in [0.3, 0.4) is 0 Å². The second kappa shape index (κ2) is 5.49. The highest BCUT2D eigenvalue weighted by Gasteiger charge is 2.31. The summed E-state index contributed by atoms with van der Waals surface area (Å²) >= 11 is 0. The van der Waals surface area contributed by atoms with Gasteiger partial charge in [0.25, 0.3) is 0 Å². The van der Waals surface area contributed by atoms with Crippen molar-refractivity contribution in [1.82, 2.24) is 4.98 Å². The molecule has 1 aromatic heterocycles. The summed E-state index contributed by atoms with van der Waals surface area (Å²) in [5, 5.41) is 8.74. The highest BCUT2D eigenvalue weighted by Crippen LogP contribution is 2.29. The molecule has 1 aromatic rings. The lowest BCUT2D eigenvalue weighted by atomic mass is 10.1. The van der Waals surface area contributed by atoms with Gasteiger partial charge in [-0.1, -0.05) is 0 Å². The Bertz CT molecular complexity index is 492. The molecule has 0 amide bonds. The zero-order chi connectivity index (χ0) is 13.8. The Hall–Kier alpha value is -2.10. The van der Waals surface area contributed by atoms with Gasteiger partial charge < -0.3 is 4.74 Å². The second-order valence-electron chi connectivity index (χ2n) is 3.31. The summed E-state index contributed by atoms with van der Waals surface area (Å²) in [6.45, 7) is 1.75. The largest absolute Gasteiger partial charge is 0.466 e. The van der Waals surface area contributed by atoms with Gasteiger partial charge in [0.15, 0.2) is 0 Å². The number of esters is 1. The van der Waals surface area contributed by atoms with Crippen LogP contribution in [0.25, 0.3) is 0 Å². The first-order chi connectivity index (χ1) is 8.38. The zero-order valence-corrected chi connectivity index (χ0v) is 9.41. The summed E-state index contributed by atoms with van der Waals surface area (Å²) < 4.78 is 41.8. The molecule has 0 aliphatic heterocycles. The number of hydrogen-bond acceptors (Lipinski definition) is 4. The summed E-state index contributed by atoms with van der Waals surface area (Å²) in [6.07, 6.45) is -4.30. The number of hydrogen-bond donors (Lipinski definition) is 0. The number of alkyl halides is 3. The molecule has 96 valence electrons. The maximum absolute atomic E-state index is 12.4. The van der Waals surface area contributed by atoms with Gasteiger partial charge in [0, 0.05) is 6.20 Å². The molecule has 0 spiro atoms. The minimum absolute atomic E-state index is 0.0241. The molecule has 0 saturated heterocycles. The number of nitrogens with zero attached hydrogens (tertiary/aromatic N) is 2. The Morgan fingerprint density at radius 2 is 2.22 bits per heavy atom. The number of rotatable bonds is 3. The maximum Gasteiger partial charge on any atom is 0.417 e. The van der Waals surface area contributed by atoms with E-state index in [1.54, 1.807) is 13.0 Å². The Kier molecular flexibility index (Phi) is 4.26. The van der Waals surface area contributed by atoms with Crippen molar-refractivity contribution in [3.8, 4) is 6.07 Å². The Morgan fingerprint density at radius 3 is 2.72 bits per heavy atom. The van der Waals surface area contributed by atoms with Crippen molar-refractivity contribution in [1.29, 1.82) is 5.26 Å². The van der Waals surface area contributed by atoms with Crippen molar-refractivity contribution in [2.45, 2.75) is 19.5 Å². The molecule has 0 aliphatic carbocycles. The van der Waals surface area contributed by atoms with Crippen LogP contribution >= 0.6 is 0 Å². The van der Waals surface area contributed by atoms with Crippen LogP contribution in [0.4, 0.5) is 13.2 Å². The van der Waals surface area contributed by atoms with Crippen molar-refractivity contribution in [3.63, 3.8) is 0 Å². The van der Waals surface area contributed by atoms with Crippen LogP contribution in [-0.2, 0) is 22.1 Å². The van der Waals surface area contributed by atoms with Crippen molar-refractivity contribution < 1.29 is 22.7 Å². The Balaban J connectivity index is 3.02. The number of aromatic nitrogens is 1. The van der Waals surface area contributed by atoms with Gasteiger partial charge >= 0.3 is 12.1 Å². The fraction of sp³-hybridized carbons (Fsp3) is 0.364. The quantitative estimate of drug-likeness (QED) is 0.778. The van der Waals surface area contributed by atoms with Crippen molar-refractivity contribution in [2.24, 2.45) is 0 Å². The molecule has 0 radical (unpaired) electrons. The van der Waals surface area contributed by atoms with E-state index in [4.69, 9.17) is 5.26 Å². The molecular formula is C11H9F3N2O2. The summed E-state index contributed by atoms with van der Waals surface area (Å²) in [4.78, 5) is 14.7. The molecule has 0 aliphatic rings. The van der Waals surface area contributed by atoms with E-state index in [1.165, 1.54) is 0 Å². The smallest absolute Gasteiger partial charge is 0.417 e. The van der Waals surface area contributed by atoms with E-state index in [0.29, 0.717) is 12.3 Å². The van der Waals surface area contributed by atoms with Crippen molar-refractivity contribution in [2.75, 3.05) is 6.61 Å². The number of pyridine rings is 1. The lowest BCUT2D eigenvalue weighted by molar-refractivity contribution is -0.142. The third-order valence-electron chi connectivity index (χ3n) is 2.04. The SMILES string of the molecule is CCOC(=O)Cc1ncc(C(F)(F)F)cc1C#N. The highest BCUT2D eigenvalue weighted by molar-refractivity contribution is 5.72. The summed E-state index contributed by atoms with van der Waals surface area (Å²) in [7, 11) is 0. The first-order valence-corrected chi connectivity index (χ1v) is 5.00. The van der Waals surface area contributed by atoms with E-state index in [9.17, 15) is 18.0 Å². The van der Waals surface area contributed by atoms with Crippen molar-refractivity contribution in [3.05, 3.63) is 29.1 Å². The molecule has 0 N–H and O–H groups in total. The minimum Gasteiger partial charge on any atom is -0.466 e. The number of halogens is 3. The van der Waals surface area contributed by atoms with Gasteiger partial charge in [-0.05, 0) is 13.0 Å². The fourth-order valence-corrected chi connectivity index (χ4v) is 1.23. The van der Waals surface area contributed by atoms with Gasteiger partial charge in [0.2, 0.25) is 0 Å². The monoisotopic (exact) mass is 258 g/mol. The second-order valence-corrected chi connectivity index (χ2v) is 3.31. The fourth-order valence-electron chi connectivity index (χ4n) is 1.23. The molecule has 0 unspecified atom stereocenters. The third-order valence-corrected chi connectivity index (χ3v) is 2.04. The number of carbonyl (C=O) groups is 1. The molecule has 0 bridgehead atoms. The van der Waals surface area contributed by atoms with E-state index in [1.807, 2.05) is 0 Å². The van der Waals surface area contributed by atoms with Crippen LogP contribution in [0.5, 0.6) is 0 Å². The maximum atomic E-state index is 12.4. The van der Waals surface area contributed by atoms with Gasteiger partial charge in [-0.2, -0.15) is 18.4 Å². The molecule has 7 heteroatoms. The molecule has 0 aromatic carbocycles. The molecule has 4 nitrogen and oxygen atoms in total. The Morgan fingerprint density at radius 1 is 1.56 bits per heavy atom. The lowest BCUT2D eigenvalue weighted by Gasteiger charge is -2.08. The first kappa shape index (κ1) is 14.0. The predicted molar refractivity (Wildman–Crippen MR) is 54.3 cm³/mol. The van der Waals surface area contributed by atoms with E-state index >= 15 is 0 Å². The summed E-state index contributed by atoms with van der Waals surface area (Å²) in [6, 6.07) is 2.25. The standard InChI is InChI=1S/C11H9F3N2O2/c1-2-18-10(17)4-9-7(5-15)3-8(6-16-9)11(12,13)14/h3,6H,2,4H2,1H3. The van der Waals surface area contributed by atoms with E-state index in [0.717, 1.165) is 0 Å². The topological polar surface area (TPSA) is 63.0 Å². The van der Waals surface area contributed by atoms with E-state index in [2.05, 4.69) is 9.72 Å². The van der Waals surface area contributed by atoms with Gasteiger partial charge in [0.1, 0.15) is 6.07 Å². The molecular weight excluding hydrogens is 249 g/mol. The highest BCUT2D eigenvalue weighted by atomic mass is 19.4. The van der Waals surface area contributed by atoms with E-state index in [-0.39, 0.29) is 24.3 Å². The van der Waals surface area contributed by atoms with Gasteiger partial charge in [-0.15, -0.1) is 0 Å². The number of nitriles is 1. The van der Waals surface area contributed by atoms with Gasteiger partial charge in [-0.25, -0.2) is 0 Å². The lowest BCUT2D eigenvalue weighted by Crippen LogP contribution is -2.12. The summed E-state index contributed by atoms with van der Waals surface area (Å²) in [5.74, 6) is -0.638.